The van der Waals surface area contributed by atoms with Gasteiger partial charge >= 0.3 is 0 Å². The normalized spacial score (nSPS) is 10.8. The van der Waals surface area contributed by atoms with Gasteiger partial charge in [0.2, 0.25) is 11.8 Å². The van der Waals surface area contributed by atoms with Crippen LogP contribution in [-0.2, 0) is 14.3 Å². The molecule has 23 heavy (non-hydrogen) atoms. The van der Waals surface area contributed by atoms with Crippen LogP contribution in [0.5, 0.6) is 0 Å². The van der Waals surface area contributed by atoms with Gasteiger partial charge in [0, 0.05) is 37.3 Å². The highest BCUT2D eigenvalue weighted by Gasteiger charge is 2.23. The fourth-order valence-corrected chi connectivity index (χ4v) is 2.83. The summed E-state index contributed by atoms with van der Waals surface area (Å²) in [5.74, 6) is -0.203. The lowest BCUT2D eigenvalue weighted by molar-refractivity contribution is -0.138. The lowest BCUT2D eigenvalue weighted by atomic mass is 10.0. The first kappa shape index (κ1) is 19.6. The van der Waals surface area contributed by atoms with Crippen molar-refractivity contribution in [2.45, 2.75) is 40.0 Å². The maximum atomic E-state index is 12.6. The fraction of sp³-hybridized carbons (Fsp3) is 0.688. The number of nitrogens with one attached hydrogen (secondary N) is 1. The number of ether oxygens (including phenoxy) is 1. The van der Waals surface area contributed by atoms with Crippen molar-refractivity contribution >= 4 is 28.3 Å². The molecule has 0 atom stereocenters. The first-order valence-electron chi connectivity index (χ1n) is 8.18. The number of thiazole rings is 1. The first-order valence-corrected chi connectivity index (χ1v) is 9.06. The van der Waals surface area contributed by atoms with E-state index < -0.39 is 0 Å². The third-order valence-electron chi connectivity index (χ3n) is 3.58. The SMILES string of the molecule is CCOCCCN(CC(=O)Nc1nccs1)C(=O)C(CC)CC. The molecular formula is C16H27N3O3S. The second kappa shape index (κ2) is 11.1. The Morgan fingerprint density at radius 3 is 2.65 bits per heavy atom. The maximum absolute atomic E-state index is 12.6. The Morgan fingerprint density at radius 1 is 1.35 bits per heavy atom. The minimum absolute atomic E-state index is 0.0326. The molecule has 0 aromatic carbocycles. The van der Waals surface area contributed by atoms with Gasteiger partial charge in [-0.1, -0.05) is 13.8 Å². The number of anilines is 1. The number of carbonyl (C=O) groups excluding carboxylic acids is 2. The van der Waals surface area contributed by atoms with E-state index in [-0.39, 0.29) is 24.3 Å². The summed E-state index contributed by atoms with van der Waals surface area (Å²) < 4.78 is 5.32. The van der Waals surface area contributed by atoms with Crippen LogP contribution in [0.1, 0.15) is 40.0 Å². The summed E-state index contributed by atoms with van der Waals surface area (Å²) in [4.78, 5) is 30.4. The van der Waals surface area contributed by atoms with Crippen molar-refractivity contribution < 1.29 is 14.3 Å². The summed E-state index contributed by atoms with van der Waals surface area (Å²) in [6.45, 7) is 7.78. The summed E-state index contributed by atoms with van der Waals surface area (Å²) >= 11 is 1.36. The minimum Gasteiger partial charge on any atom is -0.382 e. The van der Waals surface area contributed by atoms with Crippen LogP contribution in [0.3, 0.4) is 0 Å². The van der Waals surface area contributed by atoms with Crippen molar-refractivity contribution in [3.8, 4) is 0 Å². The zero-order valence-electron chi connectivity index (χ0n) is 14.2. The highest BCUT2D eigenvalue weighted by atomic mass is 32.1. The number of rotatable bonds is 11. The van der Waals surface area contributed by atoms with Gasteiger partial charge in [0.05, 0.1) is 6.54 Å². The molecule has 1 aromatic rings. The predicted molar refractivity (Wildman–Crippen MR) is 92.5 cm³/mol. The average molecular weight is 341 g/mol. The molecule has 0 bridgehead atoms. The molecule has 6 nitrogen and oxygen atoms in total. The van der Waals surface area contributed by atoms with Crippen LogP contribution >= 0.6 is 11.3 Å². The number of hydrogen-bond acceptors (Lipinski definition) is 5. The lowest BCUT2D eigenvalue weighted by Gasteiger charge is -2.26. The molecule has 0 aliphatic carbocycles. The van der Waals surface area contributed by atoms with Crippen molar-refractivity contribution in [1.29, 1.82) is 0 Å². The smallest absolute Gasteiger partial charge is 0.245 e. The largest absolute Gasteiger partial charge is 0.382 e. The molecule has 130 valence electrons. The van der Waals surface area contributed by atoms with Crippen molar-refractivity contribution in [2.24, 2.45) is 5.92 Å². The van der Waals surface area contributed by atoms with Crippen LogP contribution in [0, 0.1) is 5.92 Å². The second-order valence-corrected chi connectivity index (χ2v) is 6.10. The Hall–Kier alpha value is -1.47. The molecule has 0 saturated heterocycles. The van der Waals surface area contributed by atoms with E-state index in [1.54, 1.807) is 16.5 Å². The monoisotopic (exact) mass is 341 g/mol. The Kier molecular flexibility index (Phi) is 9.47. The van der Waals surface area contributed by atoms with E-state index in [1.807, 2.05) is 20.8 Å². The molecule has 0 aliphatic heterocycles. The number of carbonyl (C=O) groups is 2. The topological polar surface area (TPSA) is 71.5 Å². The molecule has 1 aromatic heterocycles. The highest BCUT2D eigenvalue weighted by molar-refractivity contribution is 7.13. The summed E-state index contributed by atoms with van der Waals surface area (Å²) in [7, 11) is 0. The van der Waals surface area contributed by atoms with Gasteiger partial charge < -0.3 is 15.0 Å². The molecular weight excluding hydrogens is 314 g/mol. The zero-order valence-corrected chi connectivity index (χ0v) is 15.0. The van der Waals surface area contributed by atoms with E-state index in [1.165, 1.54) is 11.3 Å². The van der Waals surface area contributed by atoms with Gasteiger partial charge in [-0.05, 0) is 26.2 Å². The zero-order chi connectivity index (χ0) is 17.1. The van der Waals surface area contributed by atoms with E-state index >= 15 is 0 Å². The molecule has 2 amide bonds. The van der Waals surface area contributed by atoms with Gasteiger partial charge in [-0.15, -0.1) is 11.3 Å². The van der Waals surface area contributed by atoms with Crippen LogP contribution in [-0.4, -0.2) is 48.0 Å². The van der Waals surface area contributed by atoms with Gasteiger partial charge in [-0.2, -0.15) is 0 Å². The molecule has 7 heteroatoms. The second-order valence-electron chi connectivity index (χ2n) is 5.21. The molecule has 0 spiro atoms. The van der Waals surface area contributed by atoms with Gasteiger partial charge in [0.1, 0.15) is 0 Å². The number of amides is 2. The quantitative estimate of drug-likeness (QED) is 0.628. The third-order valence-corrected chi connectivity index (χ3v) is 4.27. The van der Waals surface area contributed by atoms with Crippen molar-refractivity contribution in [2.75, 3.05) is 31.6 Å². The van der Waals surface area contributed by atoms with Crippen LogP contribution in [0.15, 0.2) is 11.6 Å². The van der Waals surface area contributed by atoms with Crippen LogP contribution in [0.4, 0.5) is 5.13 Å². The Labute approximate surface area is 142 Å². The van der Waals surface area contributed by atoms with Crippen molar-refractivity contribution in [1.82, 2.24) is 9.88 Å². The van der Waals surface area contributed by atoms with E-state index in [9.17, 15) is 9.59 Å². The Bertz CT molecular complexity index is 461. The van der Waals surface area contributed by atoms with Gasteiger partial charge in [0.15, 0.2) is 5.13 Å². The number of nitrogens with zero attached hydrogens (tertiary/aromatic N) is 2. The van der Waals surface area contributed by atoms with Crippen molar-refractivity contribution in [3.05, 3.63) is 11.6 Å². The minimum atomic E-state index is -0.212. The number of hydrogen-bond donors (Lipinski definition) is 1. The predicted octanol–water partition coefficient (Wildman–Crippen LogP) is 2.77. The highest BCUT2D eigenvalue weighted by Crippen LogP contribution is 2.14. The summed E-state index contributed by atoms with van der Waals surface area (Å²) in [5.41, 5.74) is 0. The van der Waals surface area contributed by atoms with Crippen LogP contribution in [0.2, 0.25) is 0 Å². The summed E-state index contributed by atoms with van der Waals surface area (Å²) in [6.07, 6.45) is 3.93. The van der Waals surface area contributed by atoms with E-state index in [2.05, 4.69) is 10.3 Å². The van der Waals surface area contributed by atoms with Gasteiger partial charge in [0.25, 0.3) is 0 Å². The molecule has 1 N–H and O–H groups in total. The Morgan fingerprint density at radius 2 is 2.09 bits per heavy atom. The van der Waals surface area contributed by atoms with E-state index in [4.69, 9.17) is 4.74 Å². The van der Waals surface area contributed by atoms with Crippen molar-refractivity contribution in [3.63, 3.8) is 0 Å². The summed E-state index contributed by atoms with van der Waals surface area (Å²) in [6, 6.07) is 0. The molecule has 0 radical (unpaired) electrons. The average Bonchev–Trinajstić information content (AvgIpc) is 3.04. The van der Waals surface area contributed by atoms with Gasteiger partial charge in [-0.3, -0.25) is 9.59 Å². The molecule has 0 saturated carbocycles. The molecule has 1 rings (SSSR count). The van der Waals surface area contributed by atoms with Gasteiger partial charge in [-0.25, -0.2) is 4.98 Å². The van der Waals surface area contributed by atoms with E-state index in [0.717, 1.165) is 19.3 Å². The fourth-order valence-electron chi connectivity index (χ4n) is 2.28. The van der Waals surface area contributed by atoms with E-state index in [0.29, 0.717) is 24.9 Å². The maximum Gasteiger partial charge on any atom is 0.245 e. The Balaban J connectivity index is 2.61. The lowest BCUT2D eigenvalue weighted by Crippen LogP contribution is -2.42. The standard InChI is InChI=1S/C16H27N3O3S/c1-4-13(5-2)15(21)19(9-7-10-22-6-3)12-14(20)18-16-17-8-11-23-16/h8,11,13H,4-7,9-10,12H2,1-3H3,(H,17,18,20). The van der Waals surface area contributed by atoms with Crippen LogP contribution < -0.4 is 5.32 Å². The third kappa shape index (κ3) is 7.09. The summed E-state index contributed by atoms with van der Waals surface area (Å²) in [5, 5.41) is 5.08. The molecule has 1 heterocycles. The molecule has 0 unspecified atom stereocenters. The molecule has 0 aliphatic rings. The van der Waals surface area contributed by atoms with Crippen LogP contribution in [0.25, 0.3) is 0 Å². The molecule has 0 fully saturated rings. The number of aromatic nitrogens is 1. The first-order chi connectivity index (χ1) is 11.1.